The molecule has 4 aliphatic rings. The van der Waals surface area contributed by atoms with Gasteiger partial charge in [-0.2, -0.15) is 0 Å². The Balaban J connectivity index is 1.71. The smallest absolute Gasteiger partial charge is 0.317 e. The lowest BCUT2D eigenvalue weighted by Crippen LogP contribution is -2.68. The minimum atomic E-state index is -1.18. The lowest BCUT2D eigenvalue weighted by Gasteiger charge is -2.72. The van der Waals surface area contributed by atoms with E-state index in [1.165, 1.54) is 11.9 Å². The largest absolute Gasteiger partial charge is 0.481 e. The summed E-state index contributed by atoms with van der Waals surface area (Å²) >= 11 is 0. The third-order valence-corrected chi connectivity index (χ3v) is 14.2. The standard InChI is InChI=1S/C37H58O6/c1-23(2)17-26(39)20-32(4,5)29-13-14-35(9)34(29,8)15-16-37(22-38)27-12-11-25(21-43-31(42)19-30(40)41)33(6,7)28(27)18-24(3)36(35,37)10/h17-18,22,24-27,29,39H,11-16,19-21H2,1-10H3,(H,40,41)/t24-,25?,26?,27+,29+,34+,35+,36-,37+/m0/s1. The van der Waals surface area contributed by atoms with Crippen molar-refractivity contribution in [1.82, 2.24) is 0 Å². The quantitative estimate of drug-likeness (QED) is 0.122. The summed E-state index contributed by atoms with van der Waals surface area (Å²) in [4.78, 5) is 36.7. The fraction of sp³-hybridized carbons (Fsp3) is 0.811. The molecule has 0 aromatic heterocycles. The van der Waals surface area contributed by atoms with Crippen molar-refractivity contribution in [2.24, 2.45) is 56.2 Å². The first kappa shape index (κ1) is 33.9. The maximum atomic E-state index is 13.7. The summed E-state index contributed by atoms with van der Waals surface area (Å²) in [6, 6.07) is 0. The summed E-state index contributed by atoms with van der Waals surface area (Å²) in [5.74, 6) is -1.04. The molecule has 43 heavy (non-hydrogen) atoms. The van der Waals surface area contributed by atoms with Crippen LogP contribution in [0.5, 0.6) is 0 Å². The van der Waals surface area contributed by atoms with Gasteiger partial charge in [-0.3, -0.25) is 9.59 Å². The molecule has 242 valence electrons. The monoisotopic (exact) mass is 598 g/mol. The molecule has 4 aliphatic carbocycles. The second-order valence-electron chi connectivity index (χ2n) is 16.9. The van der Waals surface area contributed by atoms with Gasteiger partial charge in [0, 0.05) is 11.3 Å². The maximum Gasteiger partial charge on any atom is 0.317 e. The van der Waals surface area contributed by atoms with Crippen LogP contribution in [0.15, 0.2) is 23.3 Å². The van der Waals surface area contributed by atoms with Crippen molar-refractivity contribution in [3.8, 4) is 0 Å². The zero-order chi connectivity index (χ0) is 32.4. The molecule has 0 saturated heterocycles. The van der Waals surface area contributed by atoms with Crippen LogP contribution < -0.4 is 0 Å². The number of aldehydes is 1. The van der Waals surface area contributed by atoms with Crippen LogP contribution in [-0.2, 0) is 19.1 Å². The van der Waals surface area contributed by atoms with Crippen LogP contribution in [-0.4, -0.2) is 41.1 Å². The van der Waals surface area contributed by atoms with Gasteiger partial charge >= 0.3 is 11.9 Å². The number of ether oxygens (including phenoxy) is 1. The number of hydrogen-bond donors (Lipinski definition) is 2. The van der Waals surface area contributed by atoms with Gasteiger partial charge in [-0.05, 0) is 104 Å². The summed E-state index contributed by atoms with van der Waals surface area (Å²) < 4.78 is 5.45. The Kier molecular flexibility index (Phi) is 8.79. The molecule has 9 atom stereocenters. The molecule has 3 saturated carbocycles. The number of rotatable bonds is 9. The number of hydrogen-bond acceptors (Lipinski definition) is 5. The molecule has 0 bridgehead atoms. The number of esters is 1. The van der Waals surface area contributed by atoms with Gasteiger partial charge in [0.1, 0.15) is 12.7 Å². The molecule has 0 spiro atoms. The number of carbonyl (C=O) groups excluding carboxylic acids is 2. The molecule has 6 heteroatoms. The van der Waals surface area contributed by atoms with Gasteiger partial charge in [0.05, 0.1) is 12.7 Å². The molecule has 0 aliphatic heterocycles. The lowest BCUT2D eigenvalue weighted by molar-refractivity contribution is -0.222. The maximum absolute atomic E-state index is 13.7. The molecule has 2 N–H and O–H groups in total. The Bertz CT molecular complexity index is 1190. The fourth-order valence-electron chi connectivity index (χ4n) is 11.6. The van der Waals surface area contributed by atoms with Crippen LogP contribution >= 0.6 is 0 Å². The molecule has 0 radical (unpaired) electrons. The summed E-state index contributed by atoms with van der Waals surface area (Å²) in [6.07, 6.45) is 11.2. The van der Waals surface area contributed by atoms with Crippen LogP contribution in [0.2, 0.25) is 0 Å². The second-order valence-corrected chi connectivity index (χ2v) is 16.9. The van der Waals surface area contributed by atoms with Gasteiger partial charge in [-0.25, -0.2) is 0 Å². The van der Waals surface area contributed by atoms with Crippen molar-refractivity contribution in [2.45, 2.75) is 127 Å². The Hall–Kier alpha value is -1.95. The first-order valence-electron chi connectivity index (χ1n) is 16.6. The van der Waals surface area contributed by atoms with E-state index in [1.54, 1.807) is 0 Å². The number of aliphatic hydroxyl groups is 1. The van der Waals surface area contributed by atoms with Gasteiger partial charge in [0.25, 0.3) is 0 Å². The van der Waals surface area contributed by atoms with Crippen molar-refractivity contribution >= 4 is 18.2 Å². The van der Waals surface area contributed by atoms with E-state index in [0.717, 1.165) is 50.5 Å². The van der Waals surface area contributed by atoms with Crippen molar-refractivity contribution < 1.29 is 29.3 Å². The molecule has 0 amide bonds. The average molecular weight is 599 g/mol. The van der Waals surface area contributed by atoms with Gasteiger partial charge in [0.15, 0.2) is 0 Å². The summed E-state index contributed by atoms with van der Waals surface area (Å²) in [7, 11) is 0. The highest BCUT2D eigenvalue weighted by Crippen LogP contribution is 2.81. The van der Waals surface area contributed by atoms with Gasteiger partial charge in [0.2, 0.25) is 0 Å². The molecule has 4 rings (SSSR count). The summed E-state index contributed by atoms with van der Waals surface area (Å²) in [5, 5.41) is 19.9. The van der Waals surface area contributed by atoms with Crippen molar-refractivity contribution in [3.63, 3.8) is 0 Å². The zero-order valence-electron chi connectivity index (χ0n) is 28.5. The second kappa shape index (κ2) is 11.1. The molecular weight excluding hydrogens is 540 g/mol. The van der Waals surface area contributed by atoms with Crippen LogP contribution in [0.25, 0.3) is 0 Å². The highest BCUT2D eigenvalue weighted by molar-refractivity contribution is 5.90. The minimum Gasteiger partial charge on any atom is -0.481 e. The van der Waals surface area contributed by atoms with Gasteiger partial charge < -0.3 is 19.7 Å². The summed E-state index contributed by atoms with van der Waals surface area (Å²) in [5.41, 5.74) is 1.40. The number of fused-ring (bicyclic) bond motifs is 5. The normalized spacial score (nSPS) is 40.7. The number of carboxylic acid groups (broad SMARTS) is 1. The Morgan fingerprint density at radius 3 is 2.30 bits per heavy atom. The van der Waals surface area contributed by atoms with E-state index >= 15 is 0 Å². The van der Waals surface area contributed by atoms with Crippen LogP contribution in [0.3, 0.4) is 0 Å². The Labute approximate surface area is 260 Å². The third-order valence-electron chi connectivity index (χ3n) is 14.2. The zero-order valence-corrected chi connectivity index (χ0v) is 28.5. The van der Waals surface area contributed by atoms with Crippen molar-refractivity contribution in [2.75, 3.05) is 6.61 Å². The Morgan fingerprint density at radius 1 is 1.07 bits per heavy atom. The van der Waals surface area contributed by atoms with Crippen LogP contribution in [0, 0.1) is 56.2 Å². The Morgan fingerprint density at radius 2 is 1.72 bits per heavy atom. The summed E-state index contributed by atoms with van der Waals surface area (Å²) in [6.45, 7) is 23.1. The first-order valence-corrected chi connectivity index (χ1v) is 16.6. The lowest BCUT2D eigenvalue weighted by atomic mass is 9.31. The predicted molar refractivity (Wildman–Crippen MR) is 169 cm³/mol. The molecule has 0 heterocycles. The van der Waals surface area contributed by atoms with Crippen LogP contribution in [0.1, 0.15) is 121 Å². The topological polar surface area (TPSA) is 101 Å². The number of allylic oxidation sites excluding steroid dienone is 3. The molecular formula is C37H58O6. The van der Waals surface area contributed by atoms with E-state index in [4.69, 9.17) is 9.84 Å². The number of carboxylic acids is 1. The first-order chi connectivity index (χ1) is 19.7. The average Bonchev–Trinajstić information content (AvgIpc) is 3.16. The minimum absolute atomic E-state index is 0.0348. The van der Waals surface area contributed by atoms with Crippen molar-refractivity contribution in [1.29, 1.82) is 0 Å². The van der Waals surface area contributed by atoms with E-state index < -0.39 is 29.9 Å². The van der Waals surface area contributed by atoms with E-state index in [2.05, 4.69) is 61.5 Å². The number of aliphatic carboxylic acids is 1. The van der Waals surface area contributed by atoms with E-state index in [0.29, 0.717) is 5.92 Å². The number of aliphatic hydroxyl groups excluding tert-OH is 1. The van der Waals surface area contributed by atoms with Crippen LogP contribution in [0.4, 0.5) is 0 Å². The van der Waals surface area contributed by atoms with Gasteiger partial charge in [-0.1, -0.05) is 78.7 Å². The molecule has 0 aromatic carbocycles. The molecule has 2 unspecified atom stereocenters. The third kappa shape index (κ3) is 4.97. The van der Waals surface area contributed by atoms with E-state index in [1.807, 2.05) is 19.9 Å². The molecule has 3 fully saturated rings. The van der Waals surface area contributed by atoms with Gasteiger partial charge in [-0.15, -0.1) is 0 Å². The highest BCUT2D eigenvalue weighted by Gasteiger charge is 2.76. The fourth-order valence-corrected chi connectivity index (χ4v) is 11.6. The molecule has 0 aromatic rings. The highest BCUT2D eigenvalue weighted by atomic mass is 16.5. The molecule has 6 nitrogen and oxygen atoms in total. The SMILES string of the molecule is CC(C)=CC(O)CC(C)(C)[C@H]1CC[C@@]2(C)[C@]3(C)[C@@H](C)C=C4[C@@H](CCC(COC(=O)CC(=O)O)C4(C)C)[C@]3(C=O)CC[C@]12C. The van der Waals surface area contributed by atoms with E-state index in [9.17, 15) is 19.5 Å². The predicted octanol–water partition coefficient (Wildman–Crippen LogP) is 7.78. The van der Waals surface area contributed by atoms with E-state index in [-0.39, 0.29) is 51.4 Å². The van der Waals surface area contributed by atoms with Crippen molar-refractivity contribution in [3.05, 3.63) is 23.3 Å². The number of carbonyl (C=O) groups is 3.